The highest BCUT2D eigenvalue weighted by molar-refractivity contribution is 6.17. The van der Waals surface area contributed by atoms with Crippen molar-refractivity contribution in [1.29, 1.82) is 0 Å². The second-order valence-corrected chi connectivity index (χ2v) is 10.8. The quantitative estimate of drug-likeness (QED) is 0.0779. The molecule has 8 nitrogen and oxygen atoms in total. The van der Waals surface area contributed by atoms with Crippen molar-refractivity contribution in [3.8, 4) is 5.75 Å². The van der Waals surface area contributed by atoms with Crippen LogP contribution in [-0.4, -0.2) is 48.9 Å². The topological polar surface area (TPSA) is 101 Å². The number of aryl methyl sites for hydroxylation is 1. The average molecular weight is 598 g/mol. The molecule has 0 amide bonds. The Morgan fingerprint density at radius 3 is 2.00 bits per heavy atom. The number of unbranched alkanes of at least 4 members (excludes halogenated alkanes) is 5. The molecular weight excluding hydrogens is 558 g/mol. The molecule has 3 aromatic carbocycles. The van der Waals surface area contributed by atoms with Gasteiger partial charge in [-0.1, -0.05) is 63.3 Å². The largest absolute Gasteiger partial charge is 0.486 e. The van der Waals surface area contributed by atoms with Gasteiger partial charge >= 0.3 is 11.9 Å². The lowest BCUT2D eigenvalue weighted by Gasteiger charge is -2.09. The zero-order chi connectivity index (χ0) is 31.5. The maximum Gasteiger partial charge on any atom is 0.337 e. The predicted molar refractivity (Wildman–Crippen MR) is 169 cm³/mol. The fraction of sp³-hybridized carbons (Fsp3) is 0.333. The molecular formula is C36H39NO7. The highest BCUT2D eigenvalue weighted by atomic mass is 16.5. The highest BCUT2D eigenvalue weighted by Gasteiger charge is 2.20. The fourth-order valence-electron chi connectivity index (χ4n) is 5.15. The smallest absolute Gasteiger partial charge is 0.337 e. The molecule has 0 saturated heterocycles. The van der Waals surface area contributed by atoms with Gasteiger partial charge in [-0.05, 0) is 60.9 Å². The minimum absolute atomic E-state index is 0.0290. The second kappa shape index (κ2) is 15.7. The van der Waals surface area contributed by atoms with Crippen molar-refractivity contribution < 1.29 is 33.4 Å². The predicted octanol–water partition coefficient (Wildman–Crippen LogP) is 7.00. The molecule has 4 aromatic rings. The first kappa shape index (κ1) is 32.2. The second-order valence-electron chi connectivity index (χ2n) is 10.8. The molecule has 0 fully saturated rings. The number of carbonyl (C=O) groups is 4. The van der Waals surface area contributed by atoms with Crippen molar-refractivity contribution >= 4 is 34.4 Å². The molecule has 0 radical (unpaired) electrons. The van der Waals surface area contributed by atoms with Crippen LogP contribution >= 0.6 is 0 Å². The van der Waals surface area contributed by atoms with Crippen LogP contribution in [0.3, 0.4) is 0 Å². The number of ketones is 2. The van der Waals surface area contributed by atoms with Crippen LogP contribution < -0.4 is 4.74 Å². The van der Waals surface area contributed by atoms with E-state index in [1.165, 1.54) is 64.0 Å². The van der Waals surface area contributed by atoms with Crippen LogP contribution in [0.5, 0.6) is 5.75 Å². The first-order valence-corrected chi connectivity index (χ1v) is 15.0. The first-order valence-electron chi connectivity index (χ1n) is 15.0. The SMILES string of the molecule is CCCCCCCCc1ccc(OCC(=O)Cn2cc(C(=O)c3ccc(C(=O)OC)cc3)c3cc(C(=O)OC)ccc32)cc1. The van der Waals surface area contributed by atoms with Crippen LogP contribution in [0.2, 0.25) is 0 Å². The van der Waals surface area contributed by atoms with Crippen molar-refractivity contribution in [2.75, 3.05) is 20.8 Å². The number of Topliss-reactive ketones (excluding diaryl/α,β-unsaturated/α-hetero) is 1. The summed E-state index contributed by atoms with van der Waals surface area (Å²) in [6.45, 7) is 2.06. The van der Waals surface area contributed by atoms with E-state index in [2.05, 4.69) is 6.92 Å². The van der Waals surface area contributed by atoms with Crippen LogP contribution in [0, 0.1) is 0 Å². The van der Waals surface area contributed by atoms with Crippen LogP contribution in [0.25, 0.3) is 10.9 Å². The molecule has 0 atom stereocenters. The summed E-state index contributed by atoms with van der Waals surface area (Å²) >= 11 is 0. The maximum absolute atomic E-state index is 13.6. The summed E-state index contributed by atoms with van der Waals surface area (Å²) < 4.78 is 17.1. The van der Waals surface area contributed by atoms with Crippen molar-refractivity contribution in [2.24, 2.45) is 0 Å². The van der Waals surface area contributed by atoms with E-state index >= 15 is 0 Å². The monoisotopic (exact) mass is 597 g/mol. The zero-order valence-electron chi connectivity index (χ0n) is 25.6. The lowest BCUT2D eigenvalue weighted by atomic mass is 10.0. The lowest BCUT2D eigenvalue weighted by Crippen LogP contribution is -2.17. The summed E-state index contributed by atoms with van der Waals surface area (Å²) in [4.78, 5) is 50.6. The van der Waals surface area contributed by atoms with E-state index in [0.717, 1.165) is 12.8 Å². The summed E-state index contributed by atoms with van der Waals surface area (Å²) in [5.41, 5.74) is 3.11. The fourth-order valence-corrected chi connectivity index (χ4v) is 5.15. The van der Waals surface area contributed by atoms with Gasteiger partial charge in [-0.15, -0.1) is 0 Å². The number of methoxy groups -OCH3 is 2. The van der Waals surface area contributed by atoms with Crippen molar-refractivity contribution in [3.05, 3.63) is 101 Å². The Kier molecular flexibility index (Phi) is 11.5. The van der Waals surface area contributed by atoms with E-state index in [1.807, 2.05) is 24.3 Å². The van der Waals surface area contributed by atoms with Crippen molar-refractivity contribution in [3.63, 3.8) is 0 Å². The minimum Gasteiger partial charge on any atom is -0.486 e. The Balaban J connectivity index is 1.45. The van der Waals surface area contributed by atoms with E-state index < -0.39 is 11.9 Å². The normalized spacial score (nSPS) is 10.9. The summed E-state index contributed by atoms with van der Waals surface area (Å²) in [6.07, 6.45) is 10.2. The van der Waals surface area contributed by atoms with Gasteiger partial charge in [0, 0.05) is 28.2 Å². The van der Waals surface area contributed by atoms with Crippen molar-refractivity contribution in [2.45, 2.75) is 58.4 Å². The highest BCUT2D eigenvalue weighted by Crippen LogP contribution is 2.26. The lowest BCUT2D eigenvalue weighted by molar-refractivity contribution is -0.121. The van der Waals surface area contributed by atoms with Gasteiger partial charge < -0.3 is 18.8 Å². The Bertz CT molecular complexity index is 1600. The Morgan fingerprint density at radius 2 is 1.32 bits per heavy atom. The molecule has 1 heterocycles. The number of hydrogen-bond donors (Lipinski definition) is 0. The average Bonchev–Trinajstić information content (AvgIpc) is 3.42. The number of ether oxygens (including phenoxy) is 3. The van der Waals surface area contributed by atoms with E-state index in [1.54, 1.807) is 41.1 Å². The van der Waals surface area contributed by atoms with Crippen LogP contribution in [0.15, 0.2) is 72.9 Å². The van der Waals surface area contributed by atoms with Crippen LogP contribution in [0.1, 0.15) is 87.6 Å². The minimum atomic E-state index is -0.539. The number of benzene rings is 3. The summed E-state index contributed by atoms with van der Waals surface area (Å²) in [5.74, 6) is -0.930. The third-order valence-electron chi connectivity index (χ3n) is 7.60. The maximum atomic E-state index is 13.6. The molecule has 0 saturated carbocycles. The third-order valence-corrected chi connectivity index (χ3v) is 7.60. The number of esters is 2. The van der Waals surface area contributed by atoms with E-state index in [4.69, 9.17) is 14.2 Å². The van der Waals surface area contributed by atoms with Gasteiger partial charge in [0.2, 0.25) is 0 Å². The van der Waals surface area contributed by atoms with Gasteiger partial charge in [0.25, 0.3) is 0 Å². The van der Waals surface area contributed by atoms with Crippen LogP contribution in [-0.2, 0) is 27.2 Å². The Morgan fingerprint density at radius 1 is 0.705 bits per heavy atom. The van der Waals surface area contributed by atoms with Gasteiger partial charge in [0.1, 0.15) is 12.4 Å². The van der Waals surface area contributed by atoms with Gasteiger partial charge in [-0.2, -0.15) is 0 Å². The summed E-state index contributed by atoms with van der Waals surface area (Å²) in [6, 6.07) is 18.8. The first-order chi connectivity index (χ1) is 21.3. The van der Waals surface area contributed by atoms with E-state index in [0.29, 0.717) is 33.3 Å². The molecule has 0 N–H and O–H groups in total. The third kappa shape index (κ3) is 8.22. The van der Waals surface area contributed by atoms with Gasteiger partial charge in [0.15, 0.2) is 11.6 Å². The molecule has 0 aliphatic rings. The number of hydrogen-bond acceptors (Lipinski definition) is 7. The van der Waals surface area contributed by atoms with E-state index in [-0.39, 0.29) is 30.3 Å². The van der Waals surface area contributed by atoms with Gasteiger partial charge in [-0.3, -0.25) is 9.59 Å². The number of carbonyl (C=O) groups excluding carboxylic acids is 4. The molecule has 0 aliphatic heterocycles. The van der Waals surface area contributed by atoms with Gasteiger partial charge in [0.05, 0.1) is 31.9 Å². The Hall–Kier alpha value is -4.72. The number of rotatable bonds is 16. The molecule has 0 bridgehead atoms. The molecule has 0 spiro atoms. The number of nitrogens with zero attached hydrogens (tertiary/aromatic N) is 1. The standard InChI is InChI=1S/C36H39NO7/c1-4-5-6-7-8-9-10-25-11-18-30(19-12-25)44-24-29(38)22-37-23-32(31-21-28(36(41)43-3)17-20-33(31)37)34(39)26-13-15-27(16-14-26)35(40)42-2/h11-21,23H,4-10,22,24H2,1-3H3. The van der Waals surface area contributed by atoms with E-state index in [9.17, 15) is 19.2 Å². The molecule has 0 aliphatic carbocycles. The number of fused-ring (bicyclic) bond motifs is 1. The molecule has 44 heavy (non-hydrogen) atoms. The molecule has 230 valence electrons. The Labute approximate surface area is 257 Å². The molecule has 8 heteroatoms. The van der Waals surface area contributed by atoms with Crippen molar-refractivity contribution in [1.82, 2.24) is 4.57 Å². The molecule has 1 aromatic heterocycles. The zero-order valence-corrected chi connectivity index (χ0v) is 25.6. The molecule has 4 rings (SSSR count). The number of aromatic nitrogens is 1. The molecule has 0 unspecified atom stereocenters. The summed E-state index contributed by atoms with van der Waals surface area (Å²) in [7, 11) is 2.57. The summed E-state index contributed by atoms with van der Waals surface area (Å²) in [5, 5.41) is 0.504. The van der Waals surface area contributed by atoms with Gasteiger partial charge in [-0.25, -0.2) is 9.59 Å². The van der Waals surface area contributed by atoms with Crippen LogP contribution in [0.4, 0.5) is 0 Å².